The number of benzene rings is 2. The lowest BCUT2D eigenvalue weighted by atomic mass is 10.1. The Morgan fingerprint density at radius 1 is 1.00 bits per heavy atom. The first-order chi connectivity index (χ1) is 14.1. The summed E-state index contributed by atoms with van der Waals surface area (Å²) in [6.45, 7) is 3.30. The fourth-order valence-corrected chi connectivity index (χ4v) is 3.46. The van der Waals surface area contributed by atoms with Gasteiger partial charge >= 0.3 is 0 Å². The molecule has 1 aliphatic heterocycles. The third-order valence-electron chi connectivity index (χ3n) is 5.24. The topological polar surface area (TPSA) is 61.9 Å². The number of carbonyl (C=O) groups excluding carboxylic acids is 2. The zero-order valence-electron chi connectivity index (χ0n) is 17.2. The molecule has 2 aromatic carbocycles. The summed E-state index contributed by atoms with van der Waals surface area (Å²) < 4.78 is 5.16. The lowest BCUT2D eigenvalue weighted by Gasteiger charge is -2.22. The van der Waals surface area contributed by atoms with Gasteiger partial charge in [-0.15, -0.1) is 0 Å². The van der Waals surface area contributed by atoms with Gasteiger partial charge in [-0.1, -0.05) is 24.3 Å². The van der Waals surface area contributed by atoms with Gasteiger partial charge in [0, 0.05) is 26.1 Å². The fourth-order valence-electron chi connectivity index (χ4n) is 3.46. The maximum Gasteiger partial charge on any atom is 0.256 e. The highest BCUT2D eigenvalue weighted by Crippen LogP contribution is 2.19. The molecule has 2 aromatic rings. The van der Waals surface area contributed by atoms with Crippen LogP contribution in [0.2, 0.25) is 0 Å². The minimum Gasteiger partial charge on any atom is -0.497 e. The second-order valence-corrected chi connectivity index (χ2v) is 7.39. The van der Waals surface area contributed by atoms with Crippen LogP contribution in [-0.4, -0.2) is 62.0 Å². The van der Waals surface area contributed by atoms with Gasteiger partial charge in [0.05, 0.1) is 18.4 Å². The zero-order chi connectivity index (χ0) is 20.6. The average Bonchev–Trinajstić information content (AvgIpc) is 2.97. The van der Waals surface area contributed by atoms with Crippen LogP contribution in [-0.2, 0) is 11.2 Å². The molecule has 0 saturated carbocycles. The molecule has 0 radical (unpaired) electrons. The summed E-state index contributed by atoms with van der Waals surface area (Å²) in [5.74, 6) is 0.674. The number of para-hydroxylation sites is 1. The van der Waals surface area contributed by atoms with Crippen molar-refractivity contribution in [3.63, 3.8) is 0 Å². The first kappa shape index (κ1) is 20.9. The molecule has 0 aromatic heterocycles. The largest absolute Gasteiger partial charge is 0.497 e. The van der Waals surface area contributed by atoms with E-state index in [2.05, 4.69) is 17.3 Å². The number of nitrogens with zero attached hydrogens (tertiary/aromatic N) is 2. The van der Waals surface area contributed by atoms with E-state index in [0.717, 1.165) is 37.4 Å². The summed E-state index contributed by atoms with van der Waals surface area (Å²) in [5, 5.41) is 2.93. The molecule has 0 atom stereocenters. The number of anilines is 1. The van der Waals surface area contributed by atoms with Crippen molar-refractivity contribution in [2.75, 3.05) is 45.7 Å². The van der Waals surface area contributed by atoms with Gasteiger partial charge in [-0.05, 0) is 56.3 Å². The molecule has 29 heavy (non-hydrogen) atoms. The van der Waals surface area contributed by atoms with Gasteiger partial charge in [0.2, 0.25) is 5.91 Å². The summed E-state index contributed by atoms with van der Waals surface area (Å²) in [6.07, 6.45) is 1.94. The van der Waals surface area contributed by atoms with Crippen molar-refractivity contribution >= 4 is 17.5 Å². The Morgan fingerprint density at radius 2 is 1.76 bits per heavy atom. The quantitative estimate of drug-likeness (QED) is 0.817. The number of aryl methyl sites for hydroxylation is 1. The molecule has 1 fully saturated rings. The Hall–Kier alpha value is -2.86. The predicted molar refractivity (Wildman–Crippen MR) is 114 cm³/mol. The minimum atomic E-state index is -0.100. The number of hydrogen-bond acceptors (Lipinski definition) is 4. The van der Waals surface area contributed by atoms with Gasteiger partial charge in [-0.3, -0.25) is 9.59 Å². The molecule has 0 bridgehead atoms. The predicted octanol–water partition coefficient (Wildman–Crippen LogP) is 3.04. The van der Waals surface area contributed by atoms with Crippen molar-refractivity contribution < 1.29 is 14.3 Å². The standard InChI is InChI=1S/C23H29N3O3/c1-25-14-5-15-26(17-16-25)23(28)20-6-3-4-7-21(20)24-22(27)13-10-18-8-11-19(29-2)12-9-18/h3-4,6-9,11-12H,5,10,13-17H2,1-2H3,(H,24,27). The maximum absolute atomic E-state index is 13.0. The van der Waals surface area contributed by atoms with E-state index in [-0.39, 0.29) is 11.8 Å². The van der Waals surface area contributed by atoms with Crippen LogP contribution in [0.15, 0.2) is 48.5 Å². The molecular formula is C23H29N3O3. The van der Waals surface area contributed by atoms with Crippen LogP contribution in [0.25, 0.3) is 0 Å². The number of amides is 2. The number of likely N-dealkylation sites (N-methyl/N-ethyl adjacent to an activating group) is 1. The molecule has 6 heteroatoms. The zero-order valence-corrected chi connectivity index (χ0v) is 17.2. The van der Waals surface area contributed by atoms with E-state index in [9.17, 15) is 9.59 Å². The Balaban J connectivity index is 1.61. The molecule has 1 aliphatic rings. The Bertz CT molecular complexity index is 836. The molecule has 2 amide bonds. The third kappa shape index (κ3) is 5.81. The van der Waals surface area contributed by atoms with Gasteiger partial charge < -0.3 is 19.9 Å². The van der Waals surface area contributed by atoms with E-state index in [1.54, 1.807) is 19.2 Å². The highest BCUT2D eigenvalue weighted by molar-refractivity contribution is 6.03. The first-order valence-corrected chi connectivity index (χ1v) is 10.1. The summed E-state index contributed by atoms with van der Waals surface area (Å²) in [4.78, 5) is 29.7. The van der Waals surface area contributed by atoms with E-state index in [4.69, 9.17) is 4.74 Å². The van der Waals surface area contributed by atoms with Crippen LogP contribution in [0.3, 0.4) is 0 Å². The molecule has 6 nitrogen and oxygen atoms in total. The van der Waals surface area contributed by atoms with Crippen LogP contribution in [0, 0.1) is 0 Å². The SMILES string of the molecule is COc1ccc(CCC(=O)Nc2ccccc2C(=O)N2CCCN(C)CC2)cc1. The highest BCUT2D eigenvalue weighted by Gasteiger charge is 2.21. The summed E-state index contributed by atoms with van der Waals surface area (Å²) in [7, 11) is 3.70. The lowest BCUT2D eigenvalue weighted by Crippen LogP contribution is -2.35. The highest BCUT2D eigenvalue weighted by atomic mass is 16.5. The van der Waals surface area contributed by atoms with Crippen LogP contribution in [0.5, 0.6) is 5.75 Å². The summed E-state index contributed by atoms with van der Waals surface area (Å²) >= 11 is 0. The van der Waals surface area contributed by atoms with Crippen LogP contribution in [0.4, 0.5) is 5.69 Å². The molecule has 154 valence electrons. The normalized spacial score (nSPS) is 14.9. The number of ether oxygens (including phenoxy) is 1. The summed E-state index contributed by atoms with van der Waals surface area (Å²) in [5.41, 5.74) is 2.20. The number of rotatable bonds is 6. The smallest absolute Gasteiger partial charge is 0.256 e. The fraction of sp³-hybridized carbons (Fsp3) is 0.391. The van der Waals surface area contributed by atoms with Gasteiger partial charge in [-0.25, -0.2) is 0 Å². The van der Waals surface area contributed by atoms with E-state index < -0.39 is 0 Å². The van der Waals surface area contributed by atoms with Crippen molar-refractivity contribution in [1.82, 2.24) is 9.80 Å². The molecule has 0 aliphatic carbocycles. The molecule has 0 unspecified atom stereocenters. The lowest BCUT2D eigenvalue weighted by molar-refractivity contribution is -0.116. The average molecular weight is 396 g/mol. The monoisotopic (exact) mass is 395 g/mol. The molecule has 1 N–H and O–H groups in total. The Labute approximate surface area is 172 Å². The third-order valence-corrected chi connectivity index (χ3v) is 5.24. The van der Waals surface area contributed by atoms with Crippen molar-refractivity contribution in [2.24, 2.45) is 0 Å². The van der Waals surface area contributed by atoms with Gasteiger partial charge in [0.25, 0.3) is 5.91 Å². The van der Waals surface area contributed by atoms with Crippen molar-refractivity contribution in [1.29, 1.82) is 0 Å². The maximum atomic E-state index is 13.0. The van der Waals surface area contributed by atoms with E-state index in [0.29, 0.717) is 30.6 Å². The second kappa shape index (κ2) is 10.1. The number of methoxy groups -OCH3 is 1. The van der Waals surface area contributed by atoms with Crippen LogP contribution < -0.4 is 10.1 Å². The van der Waals surface area contributed by atoms with Crippen molar-refractivity contribution in [2.45, 2.75) is 19.3 Å². The van der Waals surface area contributed by atoms with Crippen LogP contribution >= 0.6 is 0 Å². The second-order valence-electron chi connectivity index (χ2n) is 7.39. The van der Waals surface area contributed by atoms with E-state index >= 15 is 0 Å². The van der Waals surface area contributed by atoms with Crippen molar-refractivity contribution in [3.05, 3.63) is 59.7 Å². The number of nitrogens with one attached hydrogen (secondary N) is 1. The van der Waals surface area contributed by atoms with Crippen molar-refractivity contribution in [3.8, 4) is 5.75 Å². The van der Waals surface area contributed by atoms with E-state index in [1.807, 2.05) is 41.3 Å². The molecule has 1 heterocycles. The van der Waals surface area contributed by atoms with Crippen LogP contribution in [0.1, 0.15) is 28.8 Å². The Kier molecular flexibility index (Phi) is 7.25. The molecular weight excluding hydrogens is 366 g/mol. The van der Waals surface area contributed by atoms with Gasteiger partial charge in [-0.2, -0.15) is 0 Å². The summed E-state index contributed by atoms with van der Waals surface area (Å²) in [6, 6.07) is 15.0. The number of hydrogen-bond donors (Lipinski definition) is 1. The molecule has 3 rings (SSSR count). The minimum absolute atomic E-state index is 0.0219. The Morgan fingerprint density at radius 3 is 2.52 bits per heavy atom. The van der Waals surface area contributed by atoms with E-state index in [1.165, 1.54) is 0 Å². The first-order valence-electron chi connectivity index (χ1n) is 10.1. The molecule has 0 spiro atoms. The van der Waals surface area contributed by atoms with Gasteiger partial charge in [0.1, 0.15) is 5.75 Å². The molecule has 1 saturated heterocycles. The van der Waals surface area contributed by atoms with Gasteiger partial charge in [0.15, 0.2) is 0 Å². The number of carbonyl (C=O) groups is 2.